The first kappa shape index (κ1) is 23.6. The van der Waals surface area contributed by atoms with E-state index in [1.54, 1.807) is 0 Å². The molecule has 0 amide bonds. The van der Waals surface area contributed by atoms with E-state index in [2.05, 4.69) is 37.4 Å². The summed E-state index contributed by atoms with van der Waals surface area (Å²) in [4.78, 5) is 19.2. The van der Waals surface area contributed by atoms with Crippen LogP contribution in [0.4, 0.5) is 11.8 Å². The molecule has 0 bridgehead atoms. The molecule has 3 aromatic rings. The highest BCUT2D eigenvalue weighted by atomic mass is 15.5. The van der Waals surface area contributed by atoms with E-state index < -0.39 is 0 Å². The lowest BCUT2D eigenvalue weighted by molar-refractivity contribution is 0.215. The summed E-state index contributed by atoms with van der Waals surface area (Å²) < 4.78 is 2.29. The van der Waals surface area contributed by atoms with Crippen LogP contribution in [0, 0.1) is 5.92 Å². The molecule has 2 aliphatic carbocycles. The summed E-state index contributed by atoms with van der Waals surface area (Å²) >= 11 is 0. The van der Waals surface area contributed by atoms with E-state index in [0.29, 0.717) is 30.0 Å². The van der Waals surface area contributed by atoms with Gasteiger partial charge in [-0.2, -0.15) is 9.97 Å². The summed E-state index contributed by atoms with van der Waals surface area (Å²) in [5.74, 6) is 2.19. The van der Waals surface area contributed by atoms with Gasteiger partial charge in [-0.15, -0.1) is 0 Å². The summed E-state index contributed by atoms with van der Waals surface area (Å²) in [7, 11) is 0. The van der Waals surface area contributed by atoms with Crippen LogP contribution in [-0.4, -0.2) is 54.7 Å². The van der Waals surface area contributed by atoms with Crippen molar-refractivity contribution in [1.29, 1.82) is 0 Å². The number of hydrogen-bond donors (Lipinski definition) is 3. The molecule has 3 aliphatic rings. The molecule has 4 heterocycles. The normalized spacial score (nSPS) is 24.4. The summed E-state index contributed by atoms with van der Waals surface area (Å²) in [5.41, 5.74) is 12.8. The molecule has 9 nitrogen and oxygen atoms in total. The van der Waals surface area contributed by atoms with Gasteiger partial charge < -0.3 is 21.0 Å². The second-order valence-corrected chi connectivity index (χ2v) is 11.0. The smallest absolute Gasteiger partial charge is 0.227 e. The molecule has 192 valence electrons. The molecule has 0 spiro atoms. The van der Waals surface area contributed by atoms with Crippen LogP contribution in [0.1, 0.15) is 75.9 Å². The predicted octanol–water partition coefficient (Wildman–Crippen LogP) is 4.30. The zero-order valence-electron chi connectivity index (χ0n) is 21.1. The van der Waals surface area contributed by atoms with Crippen LogP contribution in [0.15, 0.2) is 30.7 Å². The number of nitrogens with zero attached hydrogens (tertiary/aromatic N) is 6. The number of aromatic nitrogens is 5. The lowest BCUT2D eigenvalue weighted by atomic mass is 9.92. The van der Waals surface area contributed by atoms with E-state index >= 15 is 0 Å². The summed E-state index contributed by atoms with van der Waals surface area (Å²) in [6.45, 7) is 1.96. The van der Waals surface area contributed by atoms with Crippen LogP contribution < -0.4 is 16.5 Å². The van der Waals surface area contributed by atoms with Crippen LogP contribution in [0.3, 0.4) is 0 Å². The minimum atomic E-state index is 0.327. The molecular weight excluding hydrogens is 450 g/mol. The van der Waals surface area contributed by atoms with Crippen LogP contribution >= 0.6 is 0 Å². The maximum atomic E-state index is 6.13. The van der Waals surface area contributed by atoms with Crippen molar-refractivity contribution in [1.82, 2.24) is 29.5 Å². The zero-order chi connectivity index (χ0) is 24.3. The third kappa shape index (κ3) is 5.32. The second-order valence-electron chi connectivity index (χ2n) is 11.0. The lowest BCUT2D eigenvalue weighted by Gasteiger charge is -2.32. The molecule has 6 rings (SSSR count). The number of piperidine rings is 1. The highest BCUT2D eigenvalue weighted by molar-refractivity contribution is 5.84. The minimum absolute atomic E-state index is 0.327. The Balaban J connectivity index is 1.19. The van der Waals surface area contributed by atoms with Gasteiger partial charge in [-0.25, -0.2) is 9.99 Å². The van der Waals surface area contributed by atoms with Crippen molar-refractivity contribution in [2.24, 2.45) is 11.7 Å². The van der Waals surface area contributed by atoms with Crippen LogP contribution in [0.25, 0.3) is 11.2 Å². The molecule has 3 aromatic heterocycles. The van der Waals surface area contributed by atoms with Crippen molar-refractivity contribution >= 4 is 22.9 Å². The van der Waals surface area contributed by atoms with Gasteiger partial charge in [0.15, 0.2) is 17.0 Å². The predicted molar refractivity (Wildman–Crippen MR) is 143 cm³/mol. The molecule has 1 saturated heterocycles. The van der Waals surface area contributed by atoms with E-state index in [4.69, 9.17) is 20.7 Å². The largest absolute Gasteiger partial charge is 0.351 e. The van der Waals surface area contributed by atoms with Crippen LogP contribution in [0.5, 0.6) is 0 Å². The van der Waals surface area contributed by atoms with Crippen LogP contribution in [0.2, 0.25) is 0 Å². The van der Waals surface area contributed by atoms with Gasteiger partial charge in [0, 0.05) is 43.1 Å². The number of hydrazine groups is 1. The van der Waals surface area contributed by atoms with Crippen molar-refractivity contribution in [3.05, 3.63) is 36.4 Å². The Bertz CT molecular complexity index is 1120. The monoisotopic (exact) mass is 489 g/mol. The molecule has 9 heteroatoms. The number of nitrogens with two attached hydrogens (primary N) is 1. The van der Waals surface area contributed by atoms with Gasteiger partial charge >= 0.3 is 0 Å². The third-order valence-electron chi connectivity index (χ3n) is 8.35. The Morgan fingerprint density at radius 3 is 2.47 bits per heavy atom. The van der Waals surface area contributed by atoms with Gasteiger partial charge in [0.25, 0.3) is 0 Å². The fourth-order valence-electron chi connectivity index (χ4n) is 6.17. The second kappa shape index (κ2) is 10.7. The molecule has 3 fully saturated rings. The first-order valence-corrected chi connectivity index (χ1v) is 13.9. The van der Waals surface area contributed by atoms with E-state index in [9.17, 15) is 0 Å². The number of nitrogens with one attached hydrogen (secondary N) is 2. The maximum Gasteiger partial charge on any atom is 0.227 e. The van der Waals surface area contributed by atoms with Crippen molar-refractivity contribution in [2.75, 3.05) is 23.8 Å². The van der Waals surface area contributed by atoms with Gasteiger partial charge in [-0.05, 0) is 75.8 Å². The van der Waals surface area contributed by atoms with Gasteiger partial charge in [-0.1, -0.05) is 18.9 Å². The van der Waals surface area contributed by atoms with Crippen molar-refractivity contribution in [2.45, 2.75) is 88.8 Å². The van der Waals surface area contributed by atoms with Gasteiger partial charge in [0.05, 0.1) is 6.33 Å². The van der Waals surface area contributed by atoms with Crippen molar-refractivity contribution in [3.8, 4) is 0 Å². The average Bonchev–Trinajstić information content (AvgIpc) is 3.58. The quantitative estimate of drug-likeness (QED) is 0.451. The molecule has 2 saturated carbocycles. The Kier molecular flexibility index (Phi) is 7.01. The molecule has 0 aromatic carbocycles. The standard InChI is InChI=1S/C27H39N9/c28-20-8-10-21(11-9-20)31-27-32-25(24-26(33-27)36(18-30-24)23-6-1-2-7-23)34-35-15-12-19(13-16-35)17-22-5-3-4-14-29-22/h3-5,14,18-21,23H,1-2,6-13,15-17,28H2,(H2,31,32,33,34). The van der Waals surface area contributed by atoms with Gasteiger partial charge in [0.2, 0.25) is 5.95 Å². The molecular formula is C27H39N9. The van der Waals surface area contributed by atoms with Gasteiger partial charge in [-0.3, -0.25) is 4.98 Å². The molecule has 0 radical (unpaired) electrons. The Labute approximate surface area is 213 Å². The van der Waals surface area contributed by atoms with E-state index in [1.807, 2.05) is 18.6 Å². The van der Waals surface area contributed by atoms with Crippen LogP contribution in [-0.2, 0) is 6.42 Å². The lowest BCUT2D eigenvalue weighted by Crippen LogP contribution is -2.39. The van der Waals surface area contributed by atoms with Crippen molar-refractivity contribution in [3.63, 3.8) is 0 Å². The highest BCUT2D eigenvalue weighted by Crippen LogP contribution is 2.34. The molecule has 1 aliphatic heterocycles. The Hall–Kier alpha value is -2.78. The van der Waals surface area contributed by atoms with E-state index in [0.717, 1.165) is 75.0 Å². The number of imidazole rings is 1. The fraction of sp³-hybridized carbons (Fsp3) is 0.630. The zero-order valence-corrected chi connectivity index (χ0v) is 21.1. The van der Waals surface area contributed by atoms with E-state index in [-0.39, 0.29) is 0 Å². The van der Waals surface area contributed by atoms with Crippen molar-refractivity contribution < 1.29 is 0 Å². The number of rotatable bonds is 7. The maximum absolute atomic E-state index is 6.13. The molecule has 36 heavy (non-hydrogen) atoms. The Morgan fingerprint density at radius 1 is 0.917 bits per heavy atom. The third-order valence-corrected chi connectivity index (χ3v) is 8.35. The average molecular weight is 490 g/mol. The first-order chi connectivity index (χ1) is 17.7. The van der Waals surface area contributed by atoms with Gasteiger partial charge in [0.1, 0.15) is 0 Å². The SMILES string of the molecule is NC1CCC(Nc2nc(NN3CCC(Cc4ccccn4)CC3)c3ncn(C4CCCC4)c3n2)CC1. The summed E-state index contributed by atoms with van der Waals surface area (Å²) in [6, 6.07) is 7.39. The molecule has 0 atom stereocenters. The summed E-state index contributed by atoms with van der Waals surface area (Å²) in [5, 5.41) is 5.93. The molecule has 4 N–H and O–H groups in total. The molecule has 0 unspecified atom stereocenters. The summed E-state index contributed by atoms with van der Waals surface area (Å²) in [6.07, 6.45) is 16.4. The number of fused-ring (bicyclic) bond motifs is 1. The highest BCUT2D eigenvalue weighted by Gasteiger charge is 2.26. The number of hydrogen-bond acceptors (Lipinski definition) is 8. The topological polar surface area (TPSA) is 110 Å². The number of pyridine rings is 1. The minimum Gasteiger partial charge on any atom is -0.351 e. The fourth-order valence-corrected chi connectivity index (χ4v) is 6.17. The number of anilines is 2. The van der Waals surface area contributed by atoms with E-state index in [1.165, 1.54) is 31.4 Å². The first-order valence-electron chi connectivity index (χ1n) is 13.9. The Morgan fingerprint density at radius 2 is 1.72 bits per heavy atom.